The van der Waals surface area contributed by atoms with E-state index < -0.39 is 0 Å². The monoisotopic (exact) mass is 249 g/mol. The predicted molar refractivity (Wildman–Crippen MR) is 74.0 cm³/mol. The highest BCUT2D eigenvalue weighted by molar-refractivity contribution is 5.77. The van der Waals surface area contributed by atoms with Gasteiger partial charge in [-0.15, -0.1) is 0 Å². The average molecular weight is 249 g/mol. The first-order valence-electron chi connectivity index (χ1n) is 6.00. The molecule has 0 radical (unpaired) electrons. The van der Waals surface area contributed by atoms with E-state index in [9.17, 15) is 4.39 Å². The minimum atomic E-state index is -0.192. The number of hydrogen-bond acceptors (Lipinski definition) is 1. The van der Waals surface area contributed by atoms with Crippen molar-refractivity contribution in [2.45, 2.75) is 19.8 Å². The van der Waals surface area contributed by atoms with Crippen molar-refractivity contribution in [2.75, 3.05) is 13.1 Å². The van der Waals surface area contributed by atoms with Crippen LogP contribution in [0.5, 0.6) is 0 Å². The third-order valence-electron chi connectivity index (χ3n) is 2.36. The maximum absolute atomic E-state index is 12.9. The van der Waals surface area contributed by atoms with Gasteiger partial charge in [-0.1, -0.05) is 24.3 Å². The summed E-state index contributed by atoms with van der Waals surface area (Å²) in [6.45, 7) is 6.92. The lowest BCUT2D eigenvalue weighted by molar-refractivity contribution is 0.624. The van der Waals surface area contributed by atoms with Gasteiger partial charge in [0.15, 0.2) is 5.96 Å². The highest BCUT2D eigenvalue weighted by Gasteiger charge is 1.96. The number of nitrogens with one attached hydrogen (secondary N) is 1. The third-order valence-corrected chi connectivity index (χ3v) is 2.36. The van der Waals surface area contributed by atoms with Gasteiger partial charge in [-0.05, 0) is 37.5 Å². The minimum Gasteiger partial charge on any atom is -0.370 e. The Bertz CT molecular complexity index is 427. The van der Waals surface area contributed by atoms with E-state index in [2.05, 4.69) is 16.9 Å². The molecule has 1 aromatic carbocycles. The Kier molecular flexibility index (Phi) is 5.91. The summed E-state index contributed by atoms with van der Waals surface area (Å²) in [5.41, 5.74) is 7.63. The quantitative estimate of drug-likeness (QED) is 0.351. The van der Waals surface area contributed by atoms with Crippen LogP contribution in [0.15, 0.2) is 41.4 Å². The number of guanidine groups is 1. The summed E-state index contributed by atoms with van der Waals surface area (Å²) in [4.78, 5) is 4.11. The topological polar surface area (TPSA) is 50.4 Å². The summed E-state index contributed by atoms with van der Waals surface area (Å²) >= 11 is 0. The summed E-state index contributed by atoms with van der Waals surface area (Å²) in [5, 5.41) is 3.02. The lowest BCUT2D eigenvalue weighted by Gasteiger charge is -2.06. The van der Waals surface area contributed by atoms with Crippen LogP contribution in [0.1, 0.15) is 18.9 Å². The molecule has 0 unspecified atom stereocenters. The first kappa shape index (κ1) is 14.2. The standard InChI is InChI=1S/C14H20FN3/c1-11(2)10-18-14(16)17-8-4-6-12-5-3-7-13(15)9-12/h3,5,7,9H,1,4,6,8,10H2,2H3,(H3,16,17,18). The summed E-state index contributed by atoms with van der Waals surface area (Å²) in [6, 6.07) is 6.64. The molecule has 0 aliphatic rings. The van der Waals surface area contributed by atoms with Gasteiger partial charge in [0.25, 0.3) is 0 Å². The molecule has 98 valence electrons. The number of aryl methyl sites for hydroxylation is 1. The SMILES string of the molecule is C=C(C)CN=C(N)NCCCc1cccc(F)c1. The van der Waals surface area contributed by atoms with E-state index in [1.807, 2.05) is 13.0 Å². The van der Waals surface area contributed by atoms with E-state index in [0.29, 0.717) is 12.5 Å². The molecule has 0 aliphatic carbocycles. The van der Waals surface area contributed by atoms with Crippen molar-refractivity contribution >= 4 is 5.96 Å². The van der Waals surface area contributed by atoms with E-state index in [1.165, 1.54) is 6.07 Å². The molecule has 0 heterocycles. The lowest BCUT2D eigenvalue weighted by atomic mass is 10.1. The van der Waals surface area contributed by atoms with Crippen molar-refractivity contribution in [3.8, 4) is 0 Å². The van der Waals surface area contributed by atoms with Crippen molar-refractivity contribution in [2.24, 2.45) is 10.7 Å². The van der Waals surface area contributed by atoms with Gasteiger partial charge in [0.2, 0.25) is 0 Å². The fourth-order valence-corrected chi connectivity index (χ4v) is 1.48. The van der Waals surface area contributed by atoms with Crippen LogP contribution in [0.4, 0.5) is 4.39 Å². The molecule has 0 bridgehead atoms. The molecule has 0 atom stereocenters. The van der Waals surface area contributed by atoms with Crippen LogP contribution in [0.2, 0.25) is 0 Å². The highest BCUT2D eigenvalue weighted by atomic mass is 19.1. The number of rotatable bonds is 6. The fourth-order valence-electron chi connectivity index (χ4n) is 1.48. The molecule has 0 saturated carbocycles. The molecule has 3 nitrogen and oxygen atoms in total. The molecule has 4 heteroatoms. The molecule has 0 aromatic heterocycles. The van der Waals surface area contributed by atoms with Crippen LogP contribution in [0.3, 0.4) is 0 Å². The molecule has 0 amide bonds. The first-order valence-corrected chi connectivity index (χ1v) is 6.00. The molecule has 1 aromatic rings. The number of benzene rings is 1. The van der Waals surface area contributed by atoms with E-state index in [4.69, 9.17) is 5.73 Å². The molecule has 0 spiro atoms. The number of halogens is 1. The highest BCUT2D eigenvalue weighted by Crippen LogP contribution is 2.05. The van der Waals surface area contributed by atoms with Gasteiger partial charge in [-0.3, -0.25) is 0 Å². The van der Waals surface area contributed by atoms with Crippen LogP contribution in [-0.4, -0.2) is 19.0 Å². The summed E-state index contributed by atoms with van der Waals surface area (Å²) in [5.74, 6) is 0.236. The molecule has 0 saturated heterocycles. The second kappa shape index (κ2) is 7.48. The Morgan fingerprint density at radius 1 is 1.50 bits per heavy atom. The third kappa shape index (κ3) is 6.03. The lowest BCUT2D eigenvalue weighted by Crippen LogP contribution is -2.32. The van der Waals surface area contributed by atoms with Crippen LogP contribution in [0, 0.1) is 5.82 Å². The molecule has 0 aliphatic heterocycles. The van der Waals surface area contributed by atoms with Gasteiger partial charge in [0, 0.05) is 6.54 Å². The maximum Gasteiger partial charge on any atom is 0.188 e. The van der Waals surface area contributed by atoms with Crippen LogP contribution < -0.4 is 11.1 Å². The molecular formula is C14H20FN3. The Morgan fingerprint density at radius 2 is 2.28 bits per heavy atom. The van der Waals surface area contributed by atoms with Crippen molar-refractivity contribution in [1.29, 1.82) is 0 Å². The number of nitrogens with zero attached hydrogens (tertiary/aromatic N) is 1. The van der Waals surface area contributed by atoms with Crippen LogP contribution in [-0.2, 0) is 6.42 Å². The van der Waals surface area contributed by atoms with Gasteiger partial charge >= 0.3 is 0 Å². The van der Waals surface area contributed by atoms with Gasteiger partial charge < -0.3 is 11.1 Å². The van der Waals surface area contributed by atoms with E-state index in [1.54, 1.807) is 12.1 Å². The van der Waals surface area contributed by atoms with E-state index in [0.717, 1.165) is 30.5 Å². The Labute approximate surface area is 108 Å². The van der Waals surface area contributed by atoms with Gasteiger partial charge in [-0.25, -0.2) is 9.38 Å². The van der Waals surface area contributed by atoms with Crippen LogP contribution in [0.25, 0.3) is 0 Å². The van der Waals surface area contributed by atoms with Crippen molar-refractivity contribution < 1.29 is 4.39 Å². The second-order valence-electron chi connectivity index (χ2n) is 4.32. The number of hydrogen-bond donors (Lipinski definition) is 2. The summed E-state index contributed by atoms with van der Waals surface area (Å²) in [7, 11) is 0. The second-order valence-corrected chi connectivity index (χ2v) is 4.32. The average Bonchev–Trinajstić information content (AvgIpc) is 2.32. The smallest absolute Gasteiger partial charge is 0.188 e. The van der Waals surface area contributed by atoms with Gasteiger partial charge in [0.05, 0.1) is 6.54 Å². The Hall–Kier alpha value is -1.84. The molecular weight excluding hydrogens is 229 g/mol. The first-order chi connectivity index (χ1) is 8.58. The fraction of sp³-hybridized carbons (Fsp3) is 0.357. The predicted octanol–water partition coefficient (Wildman–Crippen LogP) is 2.24. The zero-order valence-corrected chi connectivity index (χ0v) is 10.7. The molecule has 0 fully saturated rings. The minimum absolute atomic E-state index is 0.192. The van der Waals surface area contributed by atoms with Crippen LogP contribution >= 0.6 is 0 Å². The zero-order chi connectivity index (χ0) is 13.4. The molecule has 18 heavy (non-hydrogen) atoms. The number of nitrogens with two attached hydrogens (primary N) is 1. The van der Waals surface area contributed by atoms with E-state index >= 15 is 0 Å². The Morgan fingerprint density at radius 3 is 2.94 bits per heavy atom. The normalized spacial score (nSPS) is 11.3. The van der Waals surface area contributed by atoms with Crippen molar-refractivity contribution in [3.05, 3.63) is 47.8 Å². The number of aliphatic imine (C=N–C) groups is 1. The molecule has 3 N–H and O–H groups in total. The zero-order valence-electron chi connectivity index (χ0n) is 10.7. The van der Waals surface area contributed by atoms with E-state index in [-0.39, 0.29) is 5.82 Å². The molecule has 1 rings (SSSR count). The largest absolute Gasteiger partial charge is 0.370 e. The van der Waals surface area contributed by atoms with Crippen molar-refractivity contribution in [3.63, 3.8) is 0 Å². The van der Waals surface area contributed by atoms with Gasteiger partial charge in [-0.2, -0.15) is 0 Å². The Balaban J connectivity index is 2.22. The maximum atomic E-state index is 12.9. The van der Waals surface area contributed by atoms with Gasteiger partial charge in [0.1, 0.15) is 5.82 Å². The summed E-state index contributed by atoms with van der Waals surface area (Å²) < 4.78 is 12.9. The van der Waals surface area contributed by atoms with Crippen molar-refractivity contribution in [1.82, 2.24) is 5.32 Å². The summed E-state index contributed by atoms with van der Waals surface area (Å²) in [6.07, 6.45) is 1.70.